The lowest BCUT2D eigenvalue weighted by molar-refractivity contribution is -0.136. The summed E-state index contributed by atoms with van der Waals surface area (Å²) in [7, 11) is 0. The molecule has 0 spiro atoms. The van der Waals surface area contributed by atoms with E-state index in [1.165, 1.54) is 6.07 Å². The quantitative estimate of drug-likeness (QED) is 0.762. The average molecular weight is 395 g/mol. The van der Waals surface area contributed by atoms with Crippen LogP contribution in [0.1, 0.15) is 11.6 Å². The first-order valence-corrected chi connectivity index (χ1v) is 9.37. The maximum Gasteiger partial charge on any atom is 0.313 e. The lowest BCUT2D eigenvalue weighted by Crippen LogP contribution is -2.45. The summed E-state index contributed by atoms with van der Waals surface area (Å²) in [5.74, 6) is -3.90. The third kappa shape index (κ3) is 5.09. The Bertz CT molecular complexity index is 795. The van der Waals surface area contributed by atoms with Crippen molar-refractivity contribution < 1.29 is 23.1 Å². The van der Waals surface area contributed by atoms with Gasteiger partial charge in [0.15, 0.2) is 11.6 Å². The third-order valence-electron chi connectivity index (χ3n) is 4.25. The van der Waals surface area contributed by atoms with E-state index in [4.69, 9.17) is 4.74 Å². The van der Waals surface area contributed by atoms with Gasteiger partial charge in [-0.2, -0.15) is 11.3 Å². The first-order chi connectivity index (χ1) is 13.0. The van der Waals surface area contributed by atoms with Gasteiger partial charge in [0.1, 0.15) is 0 Å². The molecule has 2 N–H and O–H groups in total. The number of carbonyl (C=O) groups is 2. The number of halogens is 2. The zero-order chi connectivity index (χ0) is 19.2. The van der Waals surface area contributed by atoms with Crippen LogP contribution in [-0.4, -0.2) is 49.6 Å². The molecule has 1 fully saturated rings. The van der Waals surface area contributed by atoms with E-state index in [2.05, 4.69) is 15.5 Å². The van der Waals surface area contributed by atoms with Crippen LogP contribution in [0.15, 0.2) is 35.0 Å². The van der Waals surface area contributed by atoms with E-state index in [-0.39, 0.29) is 18.3 Å². The monoisotopic (exact) mass is 395 g/mol. The molecule has 0 unspecified atom stereocenters. The largest absolute Gasteiger partial charge is 0.379 e. The number of thiophene rings is 1. The van der Waals surface area contributed by atoms with Crippen molar-refractivity contribution in [1.82, 2.24) is 10.2 Å². The number of hydrogen-bond acceptors (Lipinski definition) is 5. The summed E-state index contributed by atoms with van der Waals surface area (Å²) < 4.78 is 31.5. The summed E-state index contributed by atoms with van der Waals surface area (Å²) >= 11 is 1.56. The van der Waals surface area contributed by atoms with E-state index in [0.29, 0.717) is 13.2 Å². The standard InChI is InChI=1S/C18H19F2N3O3S/c19-14-2-1-13(9-15(14)20)22-18(25)17(24)21-10-16(12-3-8-27-11-12)23-4-6-26-7-5-23/h1-3,8-9,11,16H,4-7,10H2,(H,21,24)(H,22,25)/t16-/m0/s1. The van der Waals surface area contributed by atoms with Crippen molar-refractivity contribution in [3.8, 4) is 0 Å². The SMILES string of the molecule is O=C(NC[C@@H](c1ccsc1)N1CCOCC1)C(=O)Nc1ccc(F)c(F)c1. The van der Waals surface area contributed by atoms with Gasteiger partial charge in [0.2, 0.25) is 0 Å². The van der Waals surface area contributed by atoms with E-state index < -0.39 is 23.4 Å². The fourth-order valence-corrected chi connectivity index (χ4v) is 3.55. The number of anilines is 1. The Hall–Kier alpha value is -2.36. The molecular weight excluding hydrogens is 376 g/mol. The lowest BCUT2D eigenvalue weighted by Gasteiger charge is -2.34. The number of hydrogen-bond donors (Lipinski definition) is 2. The number of nitrogens with one attached hydrogen (secondary N) is 2. The number of carbonyl (C=O) groups excluding carboxylic acids is 2. The molecular formula is C18H19F2N3O3S. The van der Waals surface area contributed by atoms with E-state index in [1.807, 2.05) is 16.8 Å². The van der Waals surface area contributed by atoms with Crippen LogP contribution in [0.25, 0.3) is 0 Å². The summed E-state index contributed by atoms with van der Waals surface area (Å²) in [4.78, 5) is 26.3. The molecule has 3 rings (SSSR count). The van der Waals surface area contributed by atoms with Crippen molar-refractivity contribution in [1.29, 1.82) is 0 Å². The van der Waals surface area contributed by atoms with Crippen LogP contribution in [0.5, 0.6) is 0 Å². The smallest absolute Gasteiger partial charge is 0.313 e. The average Bonchev–Trinajstić information content (AvgIpc) is 3.20. The van der Waals surface area contributed by atoms with Crippen LogP contribution in [-0.2, 0) is 14.3 Å². The van der Waals surface area contributed by atoms with Crippen LogP contribution in [0, 0.1) is 11.6 Å². The number of amides is 2. The van der Waals surface area contributed by atoms with Gasteiger partial charge in [-0.05, 0) is 34.5 Å². The molecule has 2 aromatic rings. The summed E-state index contributed by atoms with van der Waals surface area (Å²) in [6.45, 7) is 2.95. The summed E-state index contributed by atoms with van der Waals surface area (Å²) in [5, 5.41) is 8.84. The Labute approximate surface area is 159 Å². The highest BCUT2D eigenvalue weighted by atomic mass is 32.1. The second-order valence-corrected chi connectivity index (χ2v) is 6.79. The molecule has 144 valence electrons. The highest BCUT2D eigenvalue weighted by Crippen LogP contribution is 2.23. The summed E-state index contributed by atoms with van der Waals surface area (Å²) in [5.41, 5.74) is 1.07. The van der Waals surface area contributed by atoms with Crippen LogP contribution in [0.4, 0.5) is 14.5 Å². The van der Waals surface area contributed by atoms with Gasteiger partial charge in [-0.3, -0.25) is 14.5 Å². The molecule has 1 aliphatic heterocycles. The number of nitrogens with zero attached hydrogens (tertiary/aromatic N) is 1. The number of rotatable bonds is 5. The van der Waals surface area contributed by atoms with Gasteiger partial charge in [0.05, 0.1) is 19.3 Å². The van der Waals surface area contributed by atoms with E-state index in [9.17, 15) is 18.4 Å². The van der Waals surface area contributed by atoms with Crippen molar-refractivity contribution in [3.05, 3.63) is 52.2 Å². The topological polar surface area (TPSA) is 70.7 Å². The predicted molar refractivity (Wildman–Crippen MR) is 97.4 cm³/mol. The fourth-order valence-electron chi connectivity index (χ4n) is 2.84. The van der Waals surface area contributed by atoms with Crippen molar-refractivity contribution in [2.75, 3.05) is 38.2 Å². The summed E-state index contributed by atoms with van der Waals surface area (Å²) in [6, 6.07) is 4.81. The molecule has 1 aromatic heterocycles. The molecule has 0 aliphatic carbocycles. The first-order valence-electron chi connectivity index (χ1n) is 8.42. The van der Waals surface area contributed by atoms with E-state index in [1.54, 1.807) is 11.3 Å². The fraction of sp³-hybridized carbons (Fsp3) is 0.333. The maximum atomic E-state index is 13.2. The second kappa shape index (κ2) is 9.03. The Kier molecular flexibility index (Phi) is 6.49. The van der Waals surface area contributed by atoms with Crippen molar-refractivity contribution in [2.24, 2.45) is 0 Å². The molecule has 1 aromatic carbocycles. The molecule has 27 heavy (non-hydrogen) atoms. The van der Waals surface area contributed by atoms with Crippen LogP contribution < -0.4 is 10.6 Å². The van der Waals surface area contributed by atoms with Gasteiger partial charge in [0, 0.05) is 31.4 Å². The van der Waals surface area contributed by atoms with Gasteiger partial charge in [0.25, 0.3) is 0 Å². The van der Waals surface area contributed by atoms with Crippen molar-refractivity contribution >= 4 is 28.8 Å². The van der Waals surface area contributed by atoms with Crippen LogP contribution in [0.3, 0.4) is 0 Å². The molecule has 0 saturated carbocycles. The molecule has 1 atom stereocenters. The Morgan fingerprint density at radius 2 is 1.93 bits per heavy atom. The zero-order valence-corrected chi connectivity index (χ0v) is 15.2. The number of ether oxygens (including phenoxy) is 1. The molecule has 2 heterocycles. The Morgan fingerprint density at radius 1 is 1.15 bits per heavy atom. The molecule has 0 radical (unpaired) electrons. The highest BCUT2D eigenvalue weighted by Gasteiger charge is 2.24. The number of morpholine rings is 1. The predicted octanol–water partition coefficient (Wildman–Crippen LogP) is 2.15. The highest BCUT2D eigenvalue weighted by molar-refractivity contribution is 7.08. The van der Waals surface area contributed by atoms with Crippen LogP contribution >= 0.6 is 11.3 Å². The maximum absolute atomic E-state index is 13.2. The van der Waals surface area contributed by atoms with Gasteiger partial charge in [-0.15, -0.1) is 0 Å². The Morgan fingerprint density at radius 3 is 2.59 bits per heavy atom. The minimum atomic E-state index is -1.10. The molecule has 6 nitrogen and oxygen atoms in total. The zero-order valence-electron chi connectivity index (χ0n) is 14.4. The molecule has 1 aliphatic rings. The minimum Gasteiger partial charge on any atom is -0.379 e. The second-order valence-electron chi connectivity index (χ2n) is 6.01. The van der Waals surface area contributed by atoms with Crippen LogP contribution in [0.2, 0.25) is 0 Å². The summed E-state index contributed by atoms with van der Waals surface area (Å²) in [6.07, 6.45) is 0. The van der Waals surface area contributed by atoms with Gasteiger partial charge < -0.3 is 15.4 Å². The molecule has 2 amide bonds. The third-order valence-corrected chi connectivity index (χ3v) is 4.96. The van der Waals surface area contributed by atoms with Crippen molar-refractivity contribution in [3.63, 3.8) is 0 Å². The molecule has 0 bridgehead atoms. The van der Waals surface area contributed by atoms with Gasteiger partial charge >= 0.3 is 11.8 Å². The van der Waals surface area contributed by atoms with Gasteiger partial charge in [-0.25, -0.2) is 8.78 Å². The number of benzene rings is 1. The Balaban J connectivity index is 1.59. The molecule has 9 heteroatoms. The molecule has 1 saturated heterocycles. The first kappa shape index (κ1) is 19.4. The van der Waals surface area contributed by atoms with E-state index >= 15 is 0 Å². The lowest BCUT2D eigenvalue weighted by atomic mass is 10.1. The van der Waals surface area contributed by atoms with Gasteiger partial charge in [-0.1, -0.05) is 0 Å². The van der Waals surface area contributed by atoms with Crippen molar-refractivity contribution in [2.45, 2.75) is 6.04 Å². The van der Waals surface area contributed by atoms with E-state index in [0.717, 1.165) is 30.8 Å². The normalized spacial score (nSPS) is 15.9. The minimum absolute atomic E-state index is 0.0108.